The van der Waals surface area contributed by atoms with Gasteiger partial charge >= 0.3 is 0 Å². The van der Waals surface area contributed by atoms with Gasteiger partial charge in [-0.25, -0.2) is 0 Å². The highest BCUT2D eigenvalue weighted by Gasteiger charge is 2.37. The monoisotopic (exact) mass is 292 g/mol. The highest BCUT2D eigenvalue weighted by atomic mass is 16.2. The Morgan fingerprint density at radius 1 is 1.05 bits per heavy atom. The smallest absolute Gasteiger partial charge is 0.225 e. The quantitative estimate of drug-likeness (QED) is 0.866. The van der Waals surface area contributed by atoms with Gasteiger partial charge in [-0.05, 0) is 50.5 Å². The minimum Gasteiger partial charge on any atom is -0.341 e. The van der Waals surface area contributed by atoms with Crippen molar-refractivity contribution < 1.29 is 4.79 Å². The van der Waals surface area contributed by atoms with Gasteiger partial charge in [-0.2, -0.15) is 0 Å². The first kappa shape index (κ1) is 15.3. The van der Waals surface area contributed by atoms with Gasteiger partial charge in [0.1, 0.15) is 0 Å². The summed E-state index contributed by atoms with van der Waals surface area (Å²) in [7, 11) is 0. The molecule has 3 rings (SSSR count). The molecule has 1 N–H and O–H groups in total. The second-order valence-electron chi connectivity index (χ2n) is 7.50. The first-order chi connectivity index (χ1) is 10.3. The molecule has 3 nitrogen and oxygen atoms in total. The minimum atomic E-state index is 0.338. The molecule has 3 aliphatic rings. The van der Waals surface area contributed by atoms with Crippen molar-refractivity contribution in [3.05, 3.63) is 0 Å². The number of amides is 1. The van der Waals surface area contributed by atoms with E-state index in [1.54, 1.807) is 0 Å². The number of carbonyl (C=O) groups is 1. The van der Waals surface area contributed by atoms with E-state index in [2.05, 4.69) is 17.1 Å². The molecule has 0 bridgehead atoms. The third-order valence-electron chi connectivity index (χ3n) is 6.11. The van der Waals surface area contributed by atoms with Gasteiger partial charge in [0.2, 0.25) is 5.91 Å². The molecule has 4 atom stereocenters. The number of likely N-dealkylation sites (tertiary alicyclic amines) is 1. The molecule has 0 spiro atoms. The van der Waals surface area contributed by atoms with Crippen LogP contribution in [0.2, 0.25) is 0 Å². The van der Waals surface area contributed by atoms with Gasteiger partial charge in [-0.3, -0.25) is 4.79 Å². The Hall–Kier alpha value is -0.570. The highest BCUT2D eigenvalue weighted by molar-refractivity contribution is 5.79. The van der Waals surface area contributed by atoms with Crippen LogP contribution in [0.1, 0.15) is 64.7 Å². The fourth-order valence-corrected chi connectivity index (χ4v) is 4.99. The van der Waals surface area contributed by atoms with Gasteiger partial charge in [-0.1, -0.05) is 32.6 Å². The predicted molar refractivity (Wildman–Crippen MR) is 86.1 cm³/mol. The summed E-state index contributed by atoms with van der Waals surface area (Å²) in [5.74, 6) is 2.61. The van der Waals surface area contributed by atoms with Crippen molar-refractivity contribution in [3.8, 4) is 0 Å². The van der Waals surface area contributed by atoms with Crippen molar-refractivity contribution in [3.63, 3.8) is 0 Å². The van der Waals surface area contributed by atoms with Crippen molar-refractivity contribution in [1.29, 1.82) is 0 Å². The maximum Gasteiger partial charge on any atom is 0.225 e. The van der Waals surface area contributed by atoms with E-state index in [-0.39, 0.29) is 0 Å². The zero-order valence-electron chi connectivity index (χ0n) is 13.7. The van der Waals surface area contributed by atoms with E-state index < -0.39 is 0 Å². The van der Waals surface area contributed by atoms with Crippen LogP contribution < -0.4 is 5.32 Å². The molecule has 1 aliphatic heterocycles. The van der Waals surface area contributed by atoms with E-state index in [9.17, 15) is 4.79 Å². The zero-order chi connectivity index (χ0) is 14.7. The molecule has 120 valence electrons. The lowest BCUT2D eigenvalue weighted by atomic mass is 9.67. The lowest BCUT2D eigenvalue weighted by Crippen LogP contribution is -2.50. The molecule has 3 fully saturated rings. The van der Waals surface area contributed by atoms with Crippen molar-refractivity contribution in [2.45, 2.75) is 70.8 Å². The summed E-state index contributed by atoms with van der Waals surface area (Å²) in [5.41, 5.74) is 0. The summed E-state index contributed by atoms with van der Waals surface area (Å²) in [6.45, 7) is 5.10. The molecule has 3 heteroatoms. The van der Waals surface area contributed by atoms with Crippen LogP contribution in [-0.4, -0.2) is 36.5 Å². The van der Waals surface area contributed by atoms with Gasteiger partial charge in [-0.15, -0.1) is 0 Å². The van der Waals surface area contributed by atoms with Crippen LogP contribution in [0.3, 0.4) is 0 Å². The molecular formula is C18H32N2O. The van der Waals surface area contributed by atoms with E-state index in [1.807, 2.05) is 0 Å². The number of piperidine rings is 1. The Bertz CT molecular complexity index is 355. The van der Waals surface area contributed by atoms with E-state index in [0.29, 0.717) is 17.9 Å². The minimum absolute atomic E-state index is 0.338. The molecule has 4 unspecified atom stereocenters. The van der Waals surface area contributed by atoms with Crippen LogP contribution in [-0.2, 0) is 4.79 Å². The number of fused-ring (bicyclic) bond motifs is 1. The standard InChI is InChI=1S/C18H32N2O/c1-2-19-17-8-5-11-20(13-17)18(21)16-10-9-14-6-3-4-7-15(14)12-16/h14-17,19H,2-13H2,1H3. The number of nitrogens with zero attached hydrogens (tertiary/aromatic N) is 1. The molecular weight excluding hydrogens is 260 g/mol. The molecule has 2 saturated carbocycles. The SMILES string of the molecule is CCNC1CCCN(C(=O)C2CCC3CCCCC3C2)C1. The summed E-state index contributed by atoms with van der Waals surface area (Å²) in [6, 6.07) is 0.527. The summed E-state index contributed by atoms with van der Waals surface area (Å²) in [5, 5.41) is 3.52. The topological polar surface area (TPSA) is 32.3 Å². The number of hydrogen-bond acceptors (Lipinski definition) is 2. The average molecular weight is 292 g/mol. The molecule has 1 heterocycles. The summed E-state index contributed by atoms with van der Waals surface area (Å²) < 4.78 is 0. The lowest BCUT2D eigenvalue weighted by molar-refractivity contribution is -0.139. The summed E-state index contributed by atoms with van der Waals surface area (Å²) in [6.07, 6.45) is 11.7. The Morgan fingerprint density at radius 2 is 1.86 bits per heavy atom. The van der Waals surface area contributed by atoms with Gasteiger partial charge in [0, 0.05) is 25.0 Å². The molecule has 1 amide bonds. The summed E-state index contributed by atoms with van der Waals surface area (Å²) >= 11 is 0. The van der Waals surface area contributed by atoms with E-state index in [0.717, 1.165) is 37.9 Å². The lowest BCUT2D eigenvalue weighted by Gasteiger charge is -2.41. The third kappa shape index (κ3) is 3.61. The van der Waals surface area contributed by atoms with E-state index in [1.165, 1.54) is 51.4 Å². The fraction of sp³-hybridized carbons (Fsp3) is 0.944. The van der Waals surface area contributed by atoms with Crippen molar-refractivity contribution in [2.75, 3.05) is 19.6 Å². The second kappa shape index (κ2) is 7.13. The van der Waals surface area contributed by atoms with E-state index >= 15 is 0 Å². The van der Waals surface area contributed by atoms with Crippen molar-refractivity contribution >= 4 is 5.91 Å². The van der Waals surface area contributed by atoms with Crippen LogP contribution in [0.4, 0.5) is 0 Å². The second-order valence-corrected chi connectivity index (χ2v) is 7.50. The van der Waals surface area contributed by atoms with Crippen molar-refractivity contribution in [2.24, 2.45) is 17.8 Å². The average Bonchev–Trinajstić information content (AvgIpc) is 2.54. The Balaban J connectivity index is 1.55. The number of carbonyl (C=O) groups excluding carboxylic acids is 1. The molecule has 0 aromatic carbocycles. The summed E-state index contributed by atoms with van der Waals surface area (Å²) in [4.78, 5) is 15.0. The fourth-order valence-electron chi connectivity index (χ4n) is 4.99. The van der Waals surface area contributed by atoms with Gasteiger partial charge < -0.3 is 10.2 Å². The number of nitrogens with one attached hydrogen (secondary N) is 1. The molecule has 0 aromatic rings. The predicted octanol–water partition coefficient (Wildman–Crippen LogP) is 3.19. The van der Waals surface area contributed by atoms with Gasteiger partial charge in [0.15, 0.2) is 0 Å². The zero-order valence-corrected chi connectivity index (χ0v) is 13.7. The van der Waals surface area contributed by atoms with E-state index in [4.69, 9.17) is 0 Å². The molecule has 2 aliphatic carbocycles. The normalized spacial score (nSPS) is 37.1. The Labute approximate surface area is 129 Å². The molecule has 21 heavy (non-hydrogen) atoms. The number of hydrogen-bond donors (Lipinski definition) is 1. The van der Waals surface area contributed by atoms with Crippen LogP contribution in [0, 0.1) is 17.8 Å². The van der Waals surface area contributed by atoms with Crippen LogP contribution in [0.5, 0.6) is 0 Å². The number of likely N-dealkylation sites (N-methyl/N-ethyl adjacent to an activating group) is 1. The van der Waals surface area contributed by atoms with Crippen LogP contribution in [0.25, 0.3) is 0 Å². The number of rotatable bonds is 3. The maximum absolute atomic E-state index is 12.9. The van der Waals surface area contributed by atoms with Crippen LogP contribution in [0.15, 0.2) is 0 Å². The maximum atomic E-state index is 12.9. The van der Waals surface area contributed by atoms with Gasteiger partial charge in [0.25, 0.3) is 0 Å². The van der Waals surface area contributed by atoms with Crippen molar-refractivity contribution in [1.82, 2.24) is 10.2 Å². The van der Waals surface area contributed by atoms with Gasteiger partial charge in [0.05, 0.1) is 0 Å². The van der Waals surface area contributed by atoms with Crippen LogP contribution >= 0.6 is 0 Å². The molecule has 0 aromatic heterocycles. The first-order valence-corrected chi connectivity index (χ1v) is 9.30. The Morgan fingerprint density at radius 3 is 2.67 bits per heavy atom. The first-order valence-electron chi connectivity index (χ1n) is 9.30. The molecule has 0 radical (unpaired) electrons. The third-order valence-corrected chi connectivity index (χ3v) is 6.11. The largest absolute Gasteiger partial charge is 0.341 e. The molecule has 1 saturated heterocycles. The Kier molecular flexibility index (Phi) is 5.20. The highest BCUT2D eigenvalue weighted by Crippen LogP contribution is 2.43.